The number of likely N-dealkylation sites (tertiary alicyclic amines) is 1. The number of piperidine rings is 1. The summed E-state index contributed by atoms with van der Waals surface area (Å²) in [6.07, 6.45) is 4.78. The first-order chi connectivity index (χ1) is 13.4. The second kappa shape index (κ2) is 6.82. The predicted octanol–water partition coefficient (Wildman–Crippen LogP) is 2.41. The van der Waals surface area contributed by atoms with Gasteiger partial charge in [0.1, 0.15) is 5.54 Å². The first-order valence-electron chi connectivity index (χ1n) is 9.60. The third-order valence-corrected chi connectivity index (χ3v) is 5.63. The lowest BCUT2D eigenvalue weighted by Crippen LogP contribution is -2.56. The zero-order valence-electron chi connectivity index (χ0n) is 16.1. The second-order valence-electron chi connectivity index (χ2n) is 7.71. The fourth-order valence-corrected chi connectivity index (χ4v) is 4.01. The highest BCUT2D eigenvalue weighted by atomic mass is 16.2. The quantitative estimate of drug-likeness (QED) is 0.831. The lowest BCUT2D eigenvalue weighted by molar-refractivity contribution is -0.133. The van der Waals surface area contributed by atoms with E-state index in [1.165, 1.54) is 4.90 Å². The zero-order valence-corrected chi connectivity index (χ0v) is 16.1. The Bertz CT molecular complexity index is 894. The molecule has 3 heterocycles. The van der Waals surface area contributed by atoms with Crippen molar-refractivity contribution in [1.82, 2.24) is 19.7 Å². The van der Waals surface area contributed by atoms with E-state index in [4.69, 9.17) is 0 Å². The van der Waals surface area contributed by atoms with Crippen LogP contribution >= 0.6 is 0 Å². The first-order valence-corrected chi connectivity index (χ1v) is 9.60. The number of imide groups is 1. The molecule has 2 aromatic rings. The number of carbonyl (C=O) groups excluding carboxylic acids is 3. The van der Waals surface area contributed by atoms with Gasteiger partial charge >= 0.3 is 6.03 Å². The topological polar surface area (TPSA) is 74.7 Å². The molecule has 1 aromatic carbocycles. The minimum Gasteiger partial charge on any atom is -0.338 e. The van der Waals surface area contributed by atoms with Crippen LogP contribution in [0.4, 0.5) is 4.79 Å². The zero-order chi connectivity index (χ0) is 19.9. The molecule has 2 saturated heterocycles. The third-order valence-electron chi connectivity index (χ3n) is 5.63. The Morgan fingerprint density at radius 2 is 1.64 bits per heavy atom. The summed E-state index contributed by atoms with van der Waals surface area (Å²) >= 11 is 0. The maximum Gasteiger partial charge on any atom is 0.325 e. The van der Waals surface area contributed by atoms with Gasteiger partial charge in [-0.15, -0.1) is 0 Å². The molecule has 1 N–H and O–H groups in total. The molecule has 7 heteroatoms. The number of nitrogens with one attached hydrogen (secondary N) is 1. The van der Waals surface area contributed by atoms with Crippen molar-refractivity contribution in [1.29, 1.82) is 0 Å². The van der Waals surface area contributed by atoms with Crippen molar-refractivity contribution in [3.05, 3.63) is 54.4 Å². The van der Waals surface area contributed by atoms with Gasteiger partial charge in [0.25, 0.3) is 11.8 Å². The summed E-state index contributed by atoms with van der Waals surface area (Å²) in [4.78, 5) is 40.8. The number of amides is 4. The molecule has 2 fully saturated rings. The van der Waals surface area contributed by atoms with Crippen LogP contribution in [0.5, 0.6) is 0 Å². The van der Waals surface area contributed by atoms with Crippen molar-refractivity contribution in [2.45, 2.75) is 38.3 Å². The molecule has 1 aromatic heterocycles. The molecule has 4 rings (SSSR count). The Morgan fingerprint density at radius 1 is 1.04 bits per heavy atom. The van der Waals surface area contributed by atoms with Crippen molar-refractivity contribution in [2.75, 3.05) is 13.1 Å². The molecule has 0 atom stereocenters. The van der Waals surface area contributed by atoms with E-state index in [0.717, 1.165) is 5.69 Å². The molecule has 0 aliphatic carbocycles. The van der Waals surface area contributed by atoms with Crippen molar-refractivity contribution in [2.24, 2.45) is 0 Å². The Kier molecular flexibility index (Phi) is 4.45. The molecule has 1 spiro atoms. The average Bonchev–Trinajstić information content (AvgIpc) is 3.29. The van der Waals surface area contributed by atoms with E-state index in [9.17, 15) is 14.4 Å². The van der Waals surface area contributed by atoms with Gasteiger partial charge < -0.3 is 14.8 Å². The van der Waals surface area contributed by atoms with Crippen LogP contribution in [0.25, 0.3) is 5.69 Å². The summed E-state index contributed by atoms with van der Waals surface area (Å²) in [5, 5.41) is 2.87. The molecular formula is C21H24N4O3. The van der Waals surface area contributed by atoms with Gasteiger partial charge in [0.2, 0.25) is 0 Å². The summed E-state index contributed by atoms with van der Waals surface area (Å²) < 4.78 is 1.98. The largest absolute Gasteiger partial charge is 0.338 e. The molecule has 28 heavy (non-hydrogen) atoms. The van der Waals surface area contributed by atoms with Crippen LogP contribution in [0.1, 0.15) is 37.0 Å². The monoisotopic (exact) mass is 380 g/mol. The predicted molar refractivity (Wildman–Crippen MR) is 104 cm³/mol. The van der Waals surface area contributed by atoms with Gasteiger partial charge in [-0.25, -0.2) is 4.79 Å². The van der Waals surface area contributed by atoms with Gasteiger partial charge in [-0.05, 0) is 63.1 Å². The molecular weight excluding hydrogens is 356 g/mol. The Labute approximate surface area is 163 Å². The SMILES string of the molecule is CC(C)N1C(=O)NC2(CCN(C(=O)c3ccc(-n4cccc4)cc3)CC2)C1=O. The van der Waals surface area contributed by atoms with E-state index in [1.807, 2.05) is 67.2 Å². The van der Waals surface area contributed by atoms with Crippen molar-refractivity contribution in [3.63, 3.8) is 0 Å². The van der Waals surface area contributed by atoms with E-state index in [1.54, 1.807) is 4.90 Å². The number of hydrogen-bond donors (Lipinski definition) is 1. The summed E-state index contributed by atoms with van der Waals surface area (Å²) in [5.41, 5.74) is 0.751. The molecule has 146 valence electrons. The lowest BCUT2D eigenvalue weighted by atomic mass is 9.87. The van der Waals surface area contributed by atoms with Gasteiger partial charge in [-0.1, -0.05) is 0 Å². The third kappa shape index (κ3) is 2.96. The van der Waals surface area contributed by atoms with Crippen molar-refractivity contribution >= 4 is 17.8 Å². The van der Waals surface area contributed by atoms with Gasteiger partial charge in [0.15, 0.2) is 0 Å². The molecule has 2 aliphatic heterocycles. The van der Waals surface area contributed by atoms with Gasteiger partial charge in [-0.2, -0.15) is 0 Å². The standard InChI is InChI=1S/C21H24N4O3/c1-15(2)25-19(27)21(22-20(25)28)9-13-24(14-10-21)18(26)16-5-7-17(8-6-16)23-11-3-4-12-23/h3-8,11-12,15H,9-10,13-14H2,1-2H3,(H,22,28). The molecule has 0 bridgehead atoms. The van der Waals surface area contributed by atoms with E-state index >= 15 is 0 Å². The Hall–Kier alpha value is -3.09. The fraction of sp³-hybridized carbons (Fsp3) is 0.381. The number of carbonyl (C=O) groups is 3. The van der Waals surface area contributed by atoms with Crippen LogP contribution in [0.15, 0.2) is 48.8 Å². The minimum atomic E-state index is -0.865. The summed E-state index contributed by atoms with van der Waals surface area (Å²) in [6, 6.07) is 10.9. The average molecular weight is 380 g/mol. The van der Waals surface area contributed by atoms with Gasteiger partial charge in [0, 0.05) is 42.8 Å². The number of aromatic nitrogens is 1. The van der Waals surface area contributed by atoms with Crippen LogP contribution in [0.3, 0.4) is 0 Å². The van der Waals surface area contributed by atoms with Crippen LogP contribution < -0.4 is 5.32 Å². The molecule has 0 saturated carbocycles. The van der Waals surface area contributed by atoms with Gasteiger partial charge in [0.05, 0.1) is 0 Å². The second-order valence-corrected chi connectivity index (χ2v) is 7.71. The highest BCUT2D eigenvalue weighted by Crippen LogP contribution is 2.31. The fourth-order valence-electron chi connectivity index (χ4n) is 4.01. The highest BCUT2D eigenvalue weighted by Gasteiger charge is 2.53. The smallest absolute Gasteiger partial charge is 0.325 e. The van der Waals surface area contributed by atoms with Crippen LogP contribution in [0.2, 0.25) is 0 Å². The van der Waals surface area contributed by atoms with Crippen LogP contribution in [-0.4, -0.2) is 56.9 Å². The van der Waals surface area contributed by atoms with Gasteiger partial charge in [-0.3, -0.25) is 14.5 Å². The lowest BCUT2D eigenvalue weighted by Gasteiger charge is -2.37. The van der Waals surface area contributed by atoms with E-state index in [-0.39, 0.29) is 23.9 Å². The van der Waals surface area contributed by atoms with Crippen molar-refractivity contribution in [3.8, 4) is 5.69 Å². The first kappa shape index (κ1) is 18.3. The van der Waals surface area contributed by atoms with E-state index < -0.39 is 5.54 Å². The molecule has 0 radical (unpaired) electrons. The number of benzene rings is 1. The molecule has 0 unspecified atom stereocenters. The maximum absolute atomic E-state index is 12.9. The van der Waals surface area contributed by atoms with Crippen molar-refractivity contribution < 1.29 is 14.4 Å². The van der Waals surface area contributed by atoms with E-state index in [2.05, 4.69) is 5.32 Å². The number of urea groups is 1. The maximum atomic E-state index is 12.9. The molecule has 4 amide bonds. The van der Waals surface area contributed by atoms with E-state index in [0.29, 0.717) is 31.5 Å². The number of rotatable bonds is 3. The summed E-state index contributed by atoms with van der Waals surface area (Å²) in [7, 11) is 0. The minimum absolute atomic E-state index is 0.0496. The Morgan fingerprint density at radius 3 is 2.18 bits per heavy atom. The highest BCUT2D eigenvalue weighted by molar-refractivity contribution is 6.07. The molecule has 7 nitrogen and oxygen atoms in total. The normalized spacial score (nSPS) is 18.8. The van der Waals surface area contributed by atoms with Crippen LogP contribution in [0, 0.1) is 0 Å². The molecule has 2 aliphatic rings. The Balaban J connectivity index is 1.43. The summed E-state index contributed by atoms with van der Waals surface area (Å²) in [6.45, 7) is 4.53. The van der Waals surface area contributed by atoms with Crippen LogP contribution in [-0.2, 0) is 4.79 Å². The summed E-state index contributed by atoms with van der Waals surface area (Å²) in [5.74, 6) is -0.220. The number of hydrogen-bond acceptors (Lipinski definition) is 3. The number of nitrogens with zero attached hydrogens (tertiary/aromatic N) is 3.